The normalized spacial score (nSPS) is 11.2. The fraction of sp³-hybridized carbons (Fsp3) is 0.364. The van der Waals surface area contributed by atoms with Gasteiger partial charge < -0.3 is 5.32 Å². The van der Waals surface area contributed by atoms with Crippen LogP contribution >= 0.6 is 0 Å². The van der Waals surface area contributed by atoms with Crippen molar-refractivity contribution < 1.29 is 26.9 Å². The van der Waals surface area contributed by atoms with Gasteiger partial charge in [-0.2, -0.15) is 4.39 Å². The van der Waals surface area contributed by atoms with Crippen molar-refractivity contribution in [2.45, 2.75) is 6.92 Å². The standard InChI is InChI=1S/C11H12F2N2O5S/c1-2-21(19,20)4-3-14-11(16)8-5-7(12)6-9(10(8)13)15(17)18/h5-6H,2-4H2,1H3,(H,14,16). The van der Waals surface area contributed by atoms with E-state index in [0.717, 1.165) is 0 Å². The molecule has 1 amide bonds. The molecule has 10 heteroatoms. The van der Waals surface area contributed by atoms with Crippen LogP contribution in [0, 0.1) is 21.7 Å². The van der Waals surface area contributed by atoms with Gasteiger partial charge in [-0.15, -0.1) is 0 Å². The minimum atomic E-state index is -3.33. The molecule has 0 unspecified atom stereocenters. The SMILES string of the molecule is CCS(=O)(=O)CCNC(=O)c1cc(F)cc([N+](=O)[O-])c1F. The van der Waals surface area contributed by atoms with Crippen LogP contribution in [0.25, 0.3) is 0 Å². The predicted octanol–water partition coefficient (Wildman–Crippen LogP) is 1.04. The van der Waals surface area contributed by atoms with Crippen LogP contribution in [0.4, 0.5) is 14.5 Å². The van der Waals surface area contributed by atoms with Crippen LogP contribution in [0.2, 0.25) is 0 Å². The molecule has 7 nitrogen and oxygen atoms in total. The summed E-state index contributed by atoms with van der Waals surface area (Å²) >= 11 is 0. The van der Waals surface area contributed by atoms with E-state index in [-0.39, 0.29) is 18.1 Å². The third kappa shape index (κ3) is 4.45. The van der Waals surface area contributed by atoms with E-state index < -0.39 is 43.6 Å². The first-order valence-corrected chi connectivity index (χ1v) is 7.62. The number of amides is 1. The fourth-order valence-electron chi connectivity index (χ4n) is 1.43. The summed E-state index contributed by atoms with van der Waals surface area (Å²) in [6, 6.07) is 0.861. The first kappa shape index (κ1) is 17.0. The summed E-state index contributed by atoms with van der Waals surface area (Å²) in [5, 5.41) is 12.6. The van der Waals surface area contributed by atoms with Crippen molar-refractivity contribution in [2.75, 3.05) is 18.1 Å². The molecule has 21 heavy (non-hydrogen) atoms. The minimum Gasteiger partial charge on any atom is -0.351 e. The van der Waals surface area contributed by atoms with Crippen molar-refractivity contribution in [3.8, 4) is 0 Å². The largest absolute Gasteiger partial charge is 0.351 e. The highest BCUT2D eigenvalue weighted by molar-refractivity contribution is 7.91. The van der Waals surface area contributed by atoms with Gasteiger partial charge in [-0.05, 0) is 6.07 Å². The van der Waals surface area contributed by atoms with Crippen molar-refractivity contribution in [1.82, 2.24) is 5.32 Å². The van der Waals surface area contributed by atoms with Crippen molar-refractivity contribution in [3.63, 3.8) is 0 Å². The van der Waals surface area contributed by atoms with Gasteiger partial charge in [0.15, 0.2) is 9.84 Å². The number of sulfone groups is 1. The summed E-state index contributed by atoms with van der Waals surface area (Å²) in [7, 11) is -3.33. The Morgan fingerprint density at radius 1 is 1.38 bits per heavy atom. The molecule has 0 atom stereocenters. The van der Waals surface area contributed by atoms with Gasteiger partial charge in [-0.3, -0.25) is 14.9 Å². The molecule has 0 saturated carbocycles. The summed E-state index contributed by atoms with van der Waals surface area (Å²) in [6.07, 6.45) is 0. The number of nitro groups is 1. The number of hydrogen-bond acceptors (Lipinski definition) is 5. The molecule has 0 aliphatic rings. The van der Waals surface area contributed by atoms with E-state index in [9.17, 15) is 32.1 Å². The average molecular weight is 322 g/mol. The van der Waals surface area contributed by atoms with Crippen LogP contribution in [-0.2, 0) is 9.84 Å². The fourth-order valence-corrected chi connectivity index (χ4v) is 2.13. The van der Waals surface area contributed by atoms with Gasteiger partial charge in [0, 0.05) is 12.3 Å². The summed E-state index contributed by atoms with van der Waals surface area (Å²) in [6.45, 7) is 1.12. The van der Waals surface area contributed by atoms with E-state index >= 15 is 0 Å². The van der Waals surface area contributed by atoms with Crippen LogP contribution in [0.15, 0.2) is 12.1 Å². The Morgan fingerprint density at radius 2 is 2.00 bits per heavy atom. The maximum Gasteiger partial charge on any atom is 0.308 e. The number of benzene rings is 1. The summed E-state index contributed by atoms with van der Waals surface area (Å²) in [5.41, 5.74) is -2.02. The molecule has 116 valence electrons. The molecule has 1 N–H and O–H groups in total. The number of nitro benzene ring substituents is 1. The number of nitrogens with one attached hydrogen (secondary N) is 1. The first-order valence-electron chi connectivity index (χ1n) is 5.80. The molecule has 1 rings (SSSR count). The number of hydrogen-bond donors (Lipinski definition) is 1. The van der Waals surface area contributed by atoms with E-state index in [4.69, 9.17) is 0 Å². The number of rotatable bonds is 6. The van der Waals surface area contributed by atoms with Gasteiger partial charge >= 0.3 is 5.69 Å². The van der Waals surface area contributed by atoms with E-state index in [2.05, 4.69) is 5.32 Å². The van der Waals surface area contributed by atoms with Gasteiger partial charge in [-0.25, -0.2) is 12.8 Å². The lowest BCUT2D eigenvalue weighted by Crippen LogP contribution is -2.30. The molecule has 0 aliphatic carbocycles. The Morgan fingerprint density at radius 3 is 2.52 bits per heavy atom. The Balaban J connectivity index is 2.91. The van der Waals surface area contributed by atoms with Crippen molar-refractivity contribution in [1.29, 1.82) is 0 Å². The van der Waals surface area contributed by atoms with Crippen LogP contribution in [-0.4, -0.2) is 37.3 Å². The van der Waals surface area contributed by atoms with E-state index in [1.807, 2.05) is 0 Å². The number of nitrogens with zero attached hydrogens (tertiary/aromatic N) is 1. The van der Waals surface area contributed by atoms with E-state index in [0.29, 0.717) is 12.1 Å². The highest BCUT2D eigenvalue weighted by Gasteiger charge is 2.24. The third-order valence-electron chi connectivity index (χ3n) is 2.60. The van der Waals surface area contributed by atoms with Crippen LogP contribution in [0.3, 0.4) is 0 Å². The lowest BCUT2D eigenvalue weighted by molar-refractivity contribution is -0.387. The lowest BCUT2D eigenvalue weighted by atomic mass is 10.1. The van der Waals surface area contributed by atoms with Gasteiger partial charge in [-0.1, -0.05) is 6.92 Å². The summed E-state index contributed by atoms with van der Waals surface area (Å²) in [4.78, 5) is 21.0. The van der Waals surface area contributed by atoms with Gasteiger partial charge in [0.05, 0.1) is 22.3 Å². The molecule has 0 aliphatic heterocycles. The zero-order valence-corrected chi connectivity index (χ0v) is 11.7. The topological polar surface area (TPSA) is 106 Å². The van der Waals surface area contributed by atoms with Gasteiger partial charge in [0.2, 0.25) is 5.82 Å². The molecule has 0 saturated heterocycles. The second kappa shape index (κ2) is 6.57. The van der Waals surface area contributed by atoms with Crippen LogP contribution in [0.5, 0.6) is 0 Å². The second-order valence-corrected chi connectivity index (χ2v) is 6.51. The van der Waals surface area contributed by atoms with Crippen molar-refractivity contribution >= 4 is 21.4 Å². The molecule has 0 heterocycles. The Kier molecular flexibility index (Phi) is 5.30. The van der Waals surface area contributed by atoms with Crippen molar-refractivity contribution in [3.05, 3.63) is 39.4 Å². The number of halogens is 2. The van der Waals surface area contributed by atoms with Gasteiger partial charge in [0.1, 0.15) is 5.82 Å². The second-order valence-electron chi connectivity index (χ2n) is 4.04. The molecular formula is C11H12F2N2O5S. The summed E-state index contributed by atoms with van der Waals surface area (Å²) < 4.78 is 49.3. The molecule has 0 fully saturated rings. The quantitative estimate of drug-likeness (QED) is 0.622. The van der Waals surface area contributed by atoms with Gasteiger partial charge in [0.25, 0.3) is 5.91 Å². The Labute approximate surface area is 119 Å². The van der Waals surface area contributed by atoms with E-state index in [1.165, 1.54) is 6.92 Å². The van der Waals surface area contributed by atoms with Crippen molar-refractivity contribution in [2.24, 2.45) is 0 Å². The van der Waals surface area contributed by atoms with Crippen LogP contribution in [0.1, 0.15) is 17.3 Å². The predicted molar refractivity (Wildman–Crippen MR) is 69.7 cm³/mol. The van der Waals surface area contributed by atoms with Crippen LogP contribution < -0.4 is 5.32 Å². The Hall–Kier alpha value is -2.10. The zero-order chi connectivity index (χ0) is 16.2. The maximum atomic E-state index is 13.7. The molecule has 1 aromatic rings. The minimum absolute atomic E-state index is 0.122. The highest BCUT2D eigenvalue weighted by Crippen LogP contribution is 2.22. The average Bonchev–Trinajstić information content (AvgIpc) is 2.40. The highest BCUT2D eigenvalue weighted by atomic mass is 32.2. The zero-order valence-electron chi connectivity index (χ0n) is 10.9. The molecular weight excluding hydrogens is 310 g/mol. The van der Waals surface area contributed by atoms with E-state index in [1.54, 1.807) is 0 Å². The molecule has 1 aromatic carbocycles. The maximum absolute atomic E-state index is 13.7. The first-order chi connectivity index (χ1) is 9.68. The monoisotopic (exact) mass is 322 g/mol. The lowest BCUT2D eigenvalue weighted by Gasteiger charge is -2.06. The molecule has 0 radical (unpaired) electrons. The number of carbonyl (C=O) groups excluding carboxylic acids is 1. The molecule has 0 spiro atoms. The molecule has 0 aromatic heterocycles. The summed E-state index contributed by atoms with van der Waals surface area (Å²) in [5.74, 6) is -4.23. The Bertz CT molecular complexity index is 675. The molecule has 0 bridgehead atoms. The smallest absolute Gasteiger partial charge is 0.308 e. The number of carbonyl (C=O) groups is 1. The third-order valence-corrected chi connectivity index (χ3v) is 4.30.